The van der Waals surface area contributed by atoms with Gasteiger partial charge in [0.25, 0.3) is 0 Å². The fourth-order valence-electron chi connectivity index (χ4n) is 10.6. The van der Waals surface area contributed by atoms with Crippen molar-refractivity contribution in [1.29, 1.82) is 0 Å². The highest BCUT2D eigenvalue weighted by atomic mass is 32.2. The first kappa shape index (κ1) is 57.9. The number of anilines is 4. The van der Waals surface area contributed by atoms with Crippen LogP contribution >= 0.6 is 19.3 Å². The van der Waals surface area contributed by atoms with E-state index < -0.39 is 20.1 Å². The van der Waals surface area contributed by atoms with E-state index in [2.05, 4.69) is 147 Å². The second kappa shape index (κ2) is 27.1. The van der Waals surface area contributed by atoms with Crippen LogP contribution in [0, 0.1) is 5.92 Å². The maximum Gasteiger partial charge on any atom is 0.389 e. The molecule has 0 unspecified atom stereocenters. The van der Waals surface area contributed by atoms with Gasteiger partial charge in [-0.2, -0.15) is 13.2 Å². The molecule has 1 N–H and O–H groups in total. The molecule has 0 aliphatic carbocycles. The lowest BCUT2D eigenvalue weighted by Gasteiger charge is -2.38. The average molecular weight is 1090 g/mol. The van der Waals surface area contributed by atoms with Crippen molar-refractivity contribution in [2.75, 3.05) is 97.7 Å². The minimum atomic E-state index is -4.35. The van der Waals surface area contributed by atoms with Crippen molar-refractivity contribution >= 4 is 58.5 Å². The number of aryl methyl sites for hydroxylation is 3. The third-order valence-corrected chi connectivity index (χ3v) is 19.1. The summed E-state index contributed by atoms with van der Waals surface area (Å²) in [4.78, 5) is 8.44. The van der Waals surface area contributed by atoms with E-state index in [1.54, 1.807) is 23.9 Å². The summed E-state index contributed by atoms with van der Waals surface area (Å²) >= 11 is 1.73. The van der Waals surface area contributed by atoms with Crippen molar-refractivity contribution in [3.05, 3.63) is 166 Å². The van der Waals surface area contributed by atoms with Crippen LogP contribution in [0.4, 0.5) is 35.9 Å². The molecule has 0 spiro atoms. The van der Waals surface area contributed by atoms with Gasteiger partial charge in [0.2, 0.25) is 0 Å². The van der Waals surface area contributed by atoms with Gasteiger partial charge in [-0.15, -0.1) is 11.8 Å². The Bertz CT molecular complexity index is 2860. The highest BCUT2D eigenvalue weighted by molar-refractivity contribution is 7.99. The summed E-state index contributed by atoms with van der Waals surface area (Å²) in [5.41, 5.74) is 14.6. The Kier molecular flexibility index (Phi) is 20.4. The van der Waals surface area contributed by atoms with E-state index in [-0.39, 0.29) is 19.1 Å². The number of allylic oxidation sites excluding steroid dienone is 6. The first-order valence-corrected chi connectivity index (χ1v) is 30.5. The molecule has 3 aliphatic heterocycles. The Balaban J connectivity index is 0.986. The molecule has 3 saturated heterocycles. The van der Waals surface area contributed by atoms with Gasteiger partial charge in [0.15, 0.2) is 0 Å². The molecule has 3 fully saturated rings. The molecule has 3 heterocycles. The summed E-state index contributed by atoms with van der Waals surface area (Å²) in [7, 11) is -3.67. The van der Waals surface area contributed by atoms with E-state index in [0.29, 0.717) is 42.2 Å². The molecule has 77 heavy (non-hydrogen) atoms. The number of hydrogen-bond acceptors (Lipinski definition) is 8. The number of morpholine rings is 1. The number of benzene rings is 5. The quantitative estimate of drug-likeness (QED) is 0.0240. The second-order valence-electron chi connectivity index (χ2n) is 21.2. The zero-order chi connectivity index (χ0) is 54.5. The lowest BCUT2D eigenvalue weighted by molar-refractivity contribution is -0.133. The lowest BCUT2D eigenvalue weighted by Crippen LogP contribution is -2.46. The maximum atomic E-state index is 15.1. The summed E-state index contributed by atoms with van der Waals surface area (Å²) < 4.78 is 70.4. The number of alkyl halides is 3. The molecule has 0 saturated carbocycles. The fourth-order valence-corrected chi connectivity index (χ4v) is 13.9. The fraction of sp³-hybridized carbons (Fsp3) is 0.438. The molecule has 0 bridgehead atoms. The molecule has 13 heteroatoms. The molecule has 5 aromatic rings. The Morgan fingerprint density at radius 1 is 0.740 bits per heavy atom. The predicted molar refractivity (Wildman–Crippen MR) is 320 cm³/mol. The van der Waals surface area contributed by atoms with Crippen LogP contribution < -0.4 is 25.1 Å². The van der Waals surface area contributed by atoms with Gasteiger partial charge in [-0.1, -0.05) is 94.0 Å². The number of halogens is 3. The van der Waals surface area contributed by atoms with Crippen molar-refractivity contribution in [3.8, 4) is 0 Å². The number of thioether (sulfide) groups is 1. The summed E-state index contributed by atoms with van der Waals surface area (Å²) in [5, 5.41) is 4.06. The van der Waals surface area contributed by atoms with E-state index in [9.17, 15) is 13.2 Å². The molecule has 3 aliphatic rings. The van der Waals surface area contributed by atoms with Crippen LogP contribution in [-0.4, -0.2) is 95.0 Å². The lowest BCUT2D eigenvalue weighted by atomic mass is 9.86. The standard InChI is InChI=1S/C64H81F3N5O3PS/c1-8-51-18-20-53(21-19-51)50(7)63(49(6)48(5)15-13-14-47(3)4)55-42-52(9-2)43-59(44-55)71-34-32-70(33-35-71)57-22-24-58(25-23-57)72-38-41-75-76(72,73)60-26-27-62(54(45-60)28-30-64(65,66)67)68-56(29-31-69-36-39-74-40-37-69)46-77-61-16-11-10-12-17-61/h10-14,16-27,42-45,47,56,68H,8-9,15,28-41,46H2,1-7H3/b14-13+,49-48-,63-50-/t56-,76-/m1/s1. The van der Waals surface area contributed by atoms with Gasteiger partial charge in [0, 0.05) is 91.7 Å². The zero-order valence-electron chi connectivity index (χ0n) is 46.5. The van der Waals surface area contributed by atoms with Crippen molar-refractivity contribution in [3.63, 3.8) is 0 Å². The Hall–Kier alpha value is -5.23. The number of nitrogens with one attached hydrogen (secondary N) is 1. The van der Waals surface area contributed by atoms with Crippen LogP contribution in [0.2, 0.25) is 0 Å². The molecule has 0 amide bonds. The third-order valence-electron chi connectivity index (χ3n) is 15.4. The van der Waals surface area contributed by atoms with Crippen LogP contribution in [0.5, 0.6) is 0 Å². The average Bonchev–Trinajstić information content (AvgIpc) is 3.88. The minimum Gasteiger partial charge on any atom is -0.381 e. The monoisotopic (exact) mass is 1090 g/mol. The minimum absolute atomic E-state index is 0.0293. The molecule has 0 aromatic heterocycles. The van der Waals surface area contributed by atoms with E-state index in [1.165, 1.54) is 50.2 Å². The molecular weight excluding hydrogens is 1010 g/mol. The van der Waals surface area contributed by atoms with Gasteiger partial charge >= 0.3 is 13.7 Å². The third kappa shape index (κ3) is 15.5. The zero-order valence-corrected chi connectivity index (χ0v) is 48.2. The van der Waals surface area contributed by atoms with E-state index in [4.69, 9.17) is 9.26 Å². The summed E-state index contributed by atoms with van der Waals surface area (Å²) in [5.74, 6) is 1.24. The maximum absolute atomic E-state index is 15.1. The smallest absolute Gasteiger partial charge is 0.381 e. The Morgan fingerprint density at radius 2 is 1.42 bits per heavy atom. The van der Waals surface area contributed by atoms with E-state index in [1.807, 2.05) is 41.1 Å². The molecule has 0 radical (unpaired) electrons. The Labute approximate surface area is 462 Å². The van der Waals surface area contributed by atoms with Crippen LogP contribution in [-0.2, 0) is 33.1 Å². The molecule has 8 rings (SSSR count). The van der Waals surface area contributed by atoms with Gasteiger partial charge in [-0.3, -0.25) is 14.1 Å². The highest BCUT2D eigenvalue weighted by Crippen LogP contribution is 2.56. The van der Waals surface area contributed by atoms with Crippen molar-refractivity contribution in [2.45, 2.75) is 104 Å². The topological polar surface area (TPSA) is 60.5 Å². The van der Waals surface area contributed by atoms with Crippen LogP contribution in [0.25, 0.3) is 11.1 Å². The number of ether oxygens (including phenoxy) is 1. The van der Waals surface area contributed by atoms with Crippen LogP contribution in [0.3, 0.4) is 0 Å². The molecule has 5 aromatic carbocycles. The number of piperazine rings is 1. The molecule has 2 atom stereocenters. The molecule has 412 valence electrons. The van der Waals surface area contributed by atoms with Gasteiger partial charge in [-0.25, -0.2) is 0 Å². The second-order valence-corrected chi connectivity index (χ2v) is 24.6. The summed E-state index contributed by atoms with van der Waals surface area (Å²) in [6.07, 6.45) is 2.69. The van der Waals surface area contributed by atoms with E-state index in [0.717, 1.165) is 93.5 Å². The van der Waals surface area contributed by atoms with Crippen LogP contribution in [0.1, 0.15) is 95.5 Å². The summed E-state index contributed by atoms with van der Waals surface area (Å²) in [6, 6.07) is 39.8. The first-order valence-electron chi connectivity index (χ1n) is 28.0. The normalized spacial score (nSPS) is 18.8. The Morgan fingerprint density at radius 3 is 2.08 bits per heavy atom. The van der Waals surface area contributed by atoms with Crippen molar-refractivity contribution in [1.82, 2.24) is 4.90 Å². The van der Waals surface area contributed by atoms with Crippen LogP contribution in [0.15, 0.2) is 143 Å². The van der Waals surface area contributed by atoms with E-state index >= 15 is 4.57 Å². The first-order chi connectivity index (χ1) is 37.1. The molecular formula is C64H81F3N5O3PS. The van der Waals surface area contributed by atoms with Gasteiger partial charge < -0.3 is 24.4 Å². The number of rotatable bonds is 22. The van der Waals surface area contributed by atoms with Gasteiger partial charge in [0.1, 0.15) is 0 Å². The number of hydrogen-bond donors (Lipinski definition) is 1. The predicted octanol–water partition coefficient (Wildman–Crippen LogP) is 15.2. The van der Waals surface area contributed by atoms with Gasteiger partial charge in [0.05, 0.1) is 31.7 Å². The summed E-state index contributed by atoms with van der Waals surface area (Å²) in [6.45, 7) is 23.7. The largest absolute Gasteiger partial charge is 0.389 e. The van der Waals surface area contributed by atoms with Gasteiger partial charge in [-0.05, 0) is 170 Å². The SMILES string of the molecule is CCc1ccc(/C(C)=C(/C(C)=C(/C)C/C=C/C(C)C)c2cc(CC)cc(N3CCN(c4ccc(N5CCO[P@]5(=O)c5ccc(N[C@H](CCN6CCOCC6)CSc6ccccc6)c(CCC(F)(F)F)c5)cc4)CC3)c2)cc1. The molecule has 8 nitrogen and oxygen atoms in total. The van der Waals surface area contributed by atoms with Crippen molar-refractivity contribution < 1.29 is 27.0 Å². The number of nitrogens with zero attached hydrogens (tertiary/aromatic N) is 4. The van der Waals surface area contributed by atoms with Crippen molar-refractivity contribution in [2.24, 2.45) is 5.92 Å². The highest BCUT2D eigenvalue weighted by Gasteiger charge is 2.40.